The van der Waals surface area contributed by atoms with Gasteiger partial charge in [-0.3, -0.25) is 9.82 Å². The van der Waals surface area contributed by atoms with E-state index in [0.717, 1.165) is 16.8 Å². The van der Waals surface area contributed by atoms with Crippen LogP contribution in [-0.4, -0.2) is 15.6 Å². The summed E-state index contributed by atoms with van der Waals surface area (Å²) in [5.74, 6) is 0.883. The molecule has 142 valence electrons. The maximum Gasteiger partial charge on any atom is 0.102 e. The highest BCUT2D eigenvalue weighted by molar-refractivity contribution is 6.17. The Morgan fingerprint density at radius 1 is 1.04 bits per heavy atom. The van der Waals surface area contributed by atoms with Crippen molar-refractivity contribution < 1.29 is 4.84 Å². The van der Waals surface area contributed by atoms with Crippen molar-refractivity contribution in [2.24, 2.45) is 5.92 Å². The molecule has 2 atom stereocenters. The molecule has 0 amide bonds. The molecule has 0 aliphatic heterocycles. The fourth-order valence-corrected chi connectivity index (χ4v) is 3.21. The molecule has 4 heteroatoms. The van der Waals surface area contributed by atoms with Gasteiger partial charge in [0.15, 0.2) is 0 Å². The lowest BCUT2D eigenvalue weighted by Gasteiger charge is -2.43. The second-order valence-electron chi connectivity index (χ2n) is 8.06. The van der Waals surface area contributed by atoms with Crippen LogP contribution in [0.3, 0.4) is 0 Å². The molecule has 0 aliphatic carbocycles. The Balaban J connectivity index is 2.31. The standard InChI is InChI=1S/C22H31ClN2O/c1-16(2)21(20-9-7-8-14-24-20)25(22(4,5)6)26-17(3)19-12-10-18(15-23)11-13-19/h7-14,16-17,21H,15H2,1-6H3. The number of halogens is 1. The molecule has 1 aromatic carbocycles. The number of hydroxylamine groups is 2. The van der Waals surface area contributed by atoms with Gasteiger partial charge in [-0.1, -0.05) is 44.2 Å². The average Bonchev–Trinajstić information content (AvgIpc) is 2.61. The zero-order chi connectivity index (χ0) is 19.3. The monoisotopic (exact) mass is 374 g/mol. The first kappa shape index (κ1) is 20.9. The molecule has 0 saturated heterocycles. The summed E-state index contributed by atoms with van der Waals surface area (Å²) < 4.78 is 0. The molecule has 0 fully saturated rings. The maximum absolute atomic E-state index is 6.51. The summed E-state index contributed by atoms with van der Waals surface area (Å²) in [5, 5.41) is 2.11. The third-order valence-electron chi connectivity index (χ3n) is 4.41. The van der Waals surface area contributed by atoms with Gasteiger partial charge in [0, 0.05) is 17.6 Å². The molecule has 0 bridgehead atoms. The van der Waals surface area contributed by atoms with Crippen molar-refractivity contribution in [1.29, 1.82) is 0 Å². The predicted octanol–water partition coefficient (Wildman–Crippen LogP) is 6.31. The zero-order valence-corrected chi connectivity index (χ0v) is 17.5. The molecular weight excluding hydrogens is 344 g/mol. The third kappa shape index (κ3) is 5.29. The van der Waals surface area contributed by atoms with Crippen LogP contribution in [0.2, 0.25) is 0 Å². The summed E-state index contributed by atoms with van der Waals surface area (Å²) in [6.45, 7) is 13.0. The number of hydrogen-bond donors (Lipinski definition) is 0. The van der Waals surface area contributed by atoms with E-state index in [9.17, 15) is 0 Å². The van der Waals surface area contributed by atoms with Gasteiger partial charge in [-0.15, -0.1) is 11.6 Å². The van der Waals surface area contributed by atoms with E-state index in [-0.39, 0.29) is 17.7 Å². The van der Waals surface area contributed by atoms with Crippen LogP contribution in [0.25, 0.3) is 0 Å². The lowest BCUT2D eigenvalue weighted by Crippen LogP contribution is -2.46. The summed E-state index contributed by atoms with van der Waals surface area (Å²) >= 11 is 5.90. The number of alkyl halides is 1. The topological polar surface area (TPSA) is 25.4 Å². The smallest absolute Gasteiger partial charge is 0.102 e. The Hall–Kier alpha value is -1.42. The number of benzene rings is 1. The quantitative estimate of drug-likeness (QED) is 0.419. The minimum atomic E-state index is -0.170. The highest BCUT2D eigenvalue weighted by atomic mass is 35.5. The van der Waals surface area contributed by atoms with E-state index in [2.05, 4.69) is 81.9 Å². The Morgan fingerprint density at radius 3 is 2.15 bits per heavy atom. The normalized spacial score (nSPS) is 14.7. The van der Waals surface area contributed by atoms with Crippen LogP contribution in [0.5, 0.6) is 0 Å². The number of aromatic nitrogens is 1. The molecule has 2 aromatic rings. The molecule has 0 N–H and O–H groups in total. The summed E-state index contributed by atoms with van der Waals surface area (Å²) in [5.41, 5.74) is 3.11. The van der Waals surface area contributed by atoms with E-state index in [4.69, 9.17) is 16.4 Å². The minimum absolute atomic E-state index is 0.0661. The molecule has 0 radical (unpaired) electrons. The van der Waals surface area contributed by atoms with Crippen LogP contribution in [-0.2, 0) is 10.7 Å². The van der Waals surface area contributed by atoms with Crippen LogP contribution in [0.15, 0.2) is 48.7 Å². The second-order valence-corrected chi connectivity index (χ2v) is 8.33. The highest BCUT2D eigenvalue weighted by Crippen LogP contribution is 2.36. The lowest BCUT2D eigenvalue weighted by atomic mass is 9.95. The molecular formula is C22H31ClN2O. The van der Waals surface area contributed by atoms with Crippen molar-refractivity contribution in [2.75, 3.05) is 0 Å². The average molecular weight is 375 g/mol. The van der Waals surface area contributed by atoms with Crippen molar-refractivity contribution in [3.8, 4) is 0 Å². The second kappa shape index (κ2) is 8.98. The lowest BCUT2D eigenvalue weighted by molar-refractivity contribution is -0.273. The van der Waals surface area contributed by atoms with E-state index >= 15 is 0 Å². The van der Waals surface area contributed by atoms with Crippen molar-refractivity contribution in [3.63, 3.8) is 0 Å². The number of hydrogen-bond acceptors (Lipinski definition) is 3. The van der Waals surface area contributed by atoms with E-state index in [1.54, 1.807) is 0 Å². The first-order chi connectivity index (χ1) is 12.2. The Labute approximate surface area is 163 Å². The molecule has 3 nitrogen and oxygen atoms in total. The molecule has 2 rings (SSSR count). The summed E-state index contributed by atoms with van der Waals surface area (Å²) in [7, 11) is 0. The van der Waals surface area contributed by atoms with E-state index in [1.165, 1.54) is 0 Å². The largest absolute Gasteiger partial charge is 0.290 e. The van der Waals surface area contributed by atoms with Crippen LogP contribution < -0.4 is 0 Å². The van der Waals surface area contributed by atoms with Gasteiger partial charge in [0.05, 0.1) is 11.7 Å². The van der Waals surface area contributed by atoms with Gasteiger partial charge in [-0.2, -0.15) is 5.06 Å². The number of pyridine rings is 1. The number of nitrogens with zero attached hydrogens (tertiary/aromatic N) is 2. The molecule has 0 spiro atoms. The van der Waals surface area contributed by atoms with Crippen molar-refractivity contribution >= 4 is 11.6 Å². The van der Waals surface area contributed by atoms with Gasteiger partial charge in [-0.25, -0.2) is 0 Å². The fourth-order valence-electron chi connectivity index (χ4n) is 3.03. The van der Waals surface area contributed by atoms with Gasteiger partial charge in [0.1, 0.15) is 6.10 Å². The third-order valence-corrected chi connectivity index (χ3v) is 4.72. The molecule has 0 saturated carbocycles. The number of rotatable bonds is 7. The summed E-state index contributed by atoms with van der Waals surface area (Å²) in [4.78, 5) is 11.1. The molecule has 2 unspecified atom stereocenters. The molecule has 26 heavy (non-hydrogen) atoms. The van der Waals surface area contributed by atoms with Crippen molar-refractivity contribution in [3.05, 3.63) is 65.5 Å². The van der Waals surface area contributed by atoms with E-state index < -0.39 is 0 Å². The maximum atomic E-state index is 6.51. The van der Waals surface area contributed by atoms with Crippen LogP contribution in [0.1, 0.15) is 70.5 Å². The zero-order valence-electron chi connectivity index (χ0n) is 16.7. The predicted molar refractivity (Wildman–Crippen MR) is 109 cm³/mol. The summed E-state index contributed by atoms with van der Waals surface area (Å²) in [6.07, 6.45) is 1.78. The highest BCUT2D eigenvalue weighted by Gasteiger charge is 2.35. The van der Waals surface area contributed by atoms with Crippen LogP contribution in [0.4, 0.5) is 0 Å². The van der Waals surface area contributed by atoms with Gasteiger partial charge >= 0.3 is 0 Å². The van der Waals surface area contributed by atoms with Crippen LogP contribution in [0, 0.1) is 5.92 Å². The first-order valence-electron chi connectivity index (χ1n) is 9.26. The molecule has 1 aromatic heterocycles. The van der Waals surface area contributed by atoms with E-state index in [1.807, 2.05) is 18.3 Å². The minimum Gasteiger partial charge on any atom is -0.290 e. The van der Waals surface area contributed by atoms with Crippen molar-refractivity contribution in [1.82, 2.24) is 10.0 Å². The first-order valence-corrected chi connectivity index (χ1v) is 9.79. The van der Waals surface area contributed by atoms with Gasteiger partial charge < -0.3 is 0 Å². The van der Waals surface area contributed by atoms with Crippen molar-refractivity contribution in [2.45, 2.75) is 65.1 Å². The Kier molecular flexibility index (Phi) is 7.22. The Bertz CT molecular complexity index is 665. The fraction of sp³-hybridized carbons (Fsp3) is 0.500. The van der Waals surface area contributed by atoms with Gasteiger partial charge in [-0.05, 0) is 56.9 Å². The Morgan fingerprint density at radius 2 is 1.69 bits per heavy atom. The molecule has 0 aliphatic rings. The SMILES string of the molecule is CC(ON(C(c1ccccn1)C(C)C)C(C)(C)C)c1ccc(CCl)cc1. The van der Waals surface area contributed by atoms with E-state index in [0.29, 0.717) is 11.8 Å². The van der Waals surface area contributed by atoms with Gasteiger partial charge in [0.25, 0.3) is 0 Å². The van der Waals surface area contributed by atoms with Gasteiger partial charge in [0.2, 0.25) is 0 Å². The molecule has 1 heterocycles. The summed E-state index contributed by atoms with van der Waals surface area (Å²) in [6, 6.07) is 14.4. The van der Waals surface area contributed by atoms with Crippen LogP contribution >= 0.6 is 11.6 Å².